The van der Waals surface area contributed by atoms with E-state index in [9.17, 15) is 0 Å². The van der Waals surface area contributed by atoms with E-state index >= 15 is 0 Å². The van der Waals surface area contributed by atoms with Crippen molar-refractivity contribution in [2.45, 2.75) is 77.0 Å². The zero-order valence-electron chi connectivity index (χ0n) is 8.99. The minimum Gasteiger partial charge on any atom is -0.0533 e. The minimum absolute atomic E-state index is 0. The summed E-state index contributed by atoms with van der Waals surface area (Å²) in [5, 5.41) is 0. The Kier molecular flexibility index (Phi) is 11.4. The second-order valence-corrected chi connectivity index (χ2v) is 4.24. The van der Waals surface area contributed by atoms with Crippen LogP contribution < -0.4 is 0 Å². The van der Waals surface area contributed by atoms with Gasteiger partial charge in [0.05, 0.1) is 0 Å². The first-order valence-electron chi connectivity index (χ1n) is 6.00. The van der Waals surface area contributed by atoms with Gasteiger partial charge in [-0.2, -0.15) is 0 Å². The van der Waals surface area contributed by atoms with Crippen LogP contribution in [-0.4, -0.2) is 0 Å². The molecule has 76 valence electrons. The molecule has 0 aromatic carbocycles. The van der Waals surface area contributed by atoms with Crippen molar-refractivity contribution < 1.29 is 21.7 Å². The summed E-state index contributed by atoms with van der Waals surface area (Å²) in [6, 6.07) is 0. The molecule has 2 aliphatic rings. The van der Waals surface area contributed by atoms with Crippen LogP contribution in [0, 0.1) is 0 Å². The molecule has 0 aromatic rings. The zero-order chi connectivity index (χ0) is 8.49. The normalized spacial score (nSPS) is 22.2. The van der Waals surface area contributed by atoms with Crippen LogP contribution >= 0.6 is 0 Å². The fourth-order valence-electron chi connectivity index (χ4n) is 2.12. The van der Waals surface area contributed by atoms with Gasteiger partial charge in [0.2, 0.25) is 0 Å². The van der Waals surface area contributed by atoms with Gasteiger partial charge in [-0.25, -0.2) is 0 Å². The quantitative estimate of drug-likeness (QED) is 0.407. The van der Waals surface area contributed by atoms with Crippen LogP contribution in [0.5, 0.6) is 0 Å². The van der Waals surface area contributed by atoms with Crippen LogP contribution in [0.15, 0.2) is 0 Å². The third kappa shape index (κ3) is 9.03. The Morgan fingerprint density at radius 2 is 0.308 bits per heavy atom. The smallest absolute Gasteiger partial charge is 0 e. The summed E-state index contributed by atoms with van der Waals surface area (Å²) in [7, 11) is 0. The third-order valence-corrected chi connectivity index (χ3v) is 3.00. The minimum atomic E-state index is 0. The average Bonchev–Trinajstić information content (AvgIpc) is 2.54. The van der Waals surface area contributed by atoms with Crippen molar-refractivity contribution in [2.24, 2.45) is 0 Å². The van der Waals surface area contributed by atoms with E-state index in [4.69, 9.17) is 0 Å². The summed E-state index contributed by atoms with van der Waals surface area (Å²) in [4.78, 5) is 0. The number of hydrogen-bond donors (Lipinski definition) is 0. The molecule has 2 aliphatic carbocycles. The molecule has 0 aliphatic heterocycles. The fraction of sp³-hybridized carbons (Fsp3) is 1.00. The molecule has 0 aromatic heterocycles. The van der Waals surface area contributed by atoms with Crippen LogP contribution in [0.2, 0.25) is 0 Å². The Labute approximate surface area is 98.8 Å². The van der Waals surface area contributed by atoms with Gasteiger partial charge in [-0.1, -0.05) is 77.0 Å². The predicted molar refractivity (Wildman–Crippen MR) is 55.4 cm³/mol. The first-order chi connectivity index (χ1) is 6.00. The maximum Gasteiger partial charge on any atom is 0 e. The van der Waals surface area contributed by atoms with Gasteiger partial charge in [-0.3, -0.25) is 0 Å². The third-order valence-electron chi connectivity index (χ3n) is 3.00. The Balaban J connectivity index is 0.000000215. The summed E-state index contributed by atoms with van der Waals surface area (Å²) in [6.07, 6.45) is 18.0. The van der Waals surface area contributed by atoms with Gasteiger partial charge in [0.1, 0.15) is 0 Å². The standard InChI is InChI=1S/C7H14.C5H10.Ti/c1-2-4-6-7-5-3-1;1-2-4-5-3-1;/h1-7H2;1-5H2;. The molecule has 0 radical (unpaired) electrons. The molecule has 1 heteroatoms. The Morgan fingerprint density at radius 1 is 0.231 bits per heavy atom. The summed E-state index contributed by atoms with van der Waals surface area (Å²) in [5.41, 5.74) is 0. The van der Waals surface area contributed by atoms with Crippen LogP contribution in [-0.2, 0) is 21.7 Å². The van der Waals surface area contributed by atoms with Gasteiger partial charge < -0.3 is 0 Å². The molecule has 13 heavy (non-hydrogen) atoms. The molecule has 0 heterocycles. The number of hydrogen-bond acceptors (Lipinski definition) is 0. The van der Waals surface area contributed by atoms with Crippen LogP contribution in [0.4, 0.5) is 0 Å². The number of rotatable bonds is 0. The van der Waals surface area contributed by atoms with E-state index in [0.29, 0.717) is 0 Å². The second kappa shape index (κ2) is 10.8. The first kappa shape index (κ1) is 13.7. The Bertz CT molecular complexity index is 59.9. The largest absolute Gasteiger partial charge is 0.0533 e. The SMILES string of the molecule is C1CCCC1.C1CCCCCC1.[Ti]. The Morgan fingerprint density at radius 3 is 0.385 bits per heavy atom. The van der Waals surface area contributed by atoms with Crippen molar-refractivity contribution >= 4 is 0 Å². The Hall–Kier alpha value is 0.714. The van der Waals surface area contributed by atoms with Gasteiger partial charge in [0, 0.05) is 21.7 Å². The van der Waals surface area contributed by atoms with Gasteiger partial charge in [-0.05, 0) is 0 Å². The molecule has 0 amide bonds. The van der Waals surface area contributed by atoms with Crippen molar-refractivity contribution in [3.8, 4) is 0 Å². The van der Waals surface area contributed by atoms with Gasteiger partial charge in [-0.15, -0.1) is 0 Å². The first-order valence-corrected chi connectivity index (χ1v) is 6.00. The summed E-state index contributed by atoms with van der Waals surface area (Å²) in [5.74, 6) is 0. The molecule has 2 fully saturated rings. The van der Waals surface area contributed by atoms with E-state index in [2.05, 4.69) is 0 Å². The van der Waals surface area contributed by atoms with Crippen molar-refractivity contribution in [3.63, 3.8) is 0 Å². The molecule has 0 bridgehead atoms. The van der Waals surface area contributed by atoms with E-state index in [1.54, 1.807) is 0 Å². The van der Waals surface area contributed by atoms with Crippen molar-refractivity contribution in [2.75, 3.05) is 0 Å². The zero-order valence-corrected chi connectivity index (χ0v) is 10.5. The molecular weight excluding hydrogens is 192 g/mol. The van der Waals surface area contributed by atoms with Gasteiger partial charge >= 0.3 is 0 Å². The second-order valence-electron chi connectivity index (χ2n) is 4.24. The van der Waals surface area contributed by atoms with E-state index in [1.807, 2.05) is 0 Å². The molecule has 0 saturated heterocycles. The van der Waals surface area contributed by atoms with E-state index in [-0.39, 0.29) is 21.7 Å². The molecule has 0 nitrogen and oxygen atoms in total. The summed E-state index contributed by atoms with van der Waals surface area (Å²) in [6.45, 7) is 0. The maximum atomic E-state index is 1.50. The van der Waals surface area contributed by atoms with Crippen molar-refractivity contribution in [1.29, 1.82) is 0 Å². The molecule has 2 saturated carbocycles. The van der Waals surface area contributed by atoms with E-state index in [0.717, 1.165) is 0 Å². The topological polar surface area (TPSA) is 0 Å². The summed E-state index contributed by atoms with van der Waals surface area (Å²) < 4.78 is 0. The van der Waals surface area contributed by atoms with Crippen LogP contribution in [0.3, 0.4) is 0 Å². The molecule has 0 unspecified atom stereocenters. The molecule has 0 spiro atoms. The van der Waals surface area contributed by atoms with E-state index < -0.39 is 0 Å². The molecule has 0 N–H and O–H groups in total. The average molecular weight is 216 g/mol. The molecular formula is C12H24Ti. The predicted octanol–water partition coefficient (Wildman–Crippen LogP) is 4.68. The summed E-state index contributed by atoms with van der Waals surface area (Å²) >= 11 is 0. The van der Waals surface area contributed by atoms with Gasteiger partial charge in [0.15, 0.2) is 0 Å². The van der Waals surface area contributed by atoms with Crippen molar-refractivity contribution in [3.05, 3.63) is 0 Å². The monoisotopic (exact) mass is 216 g/mol. The fourth-order valence-corrected chi connectivity index (χ4v) is 2.12. The van der Waals surface area contributed by atoms with Gasteiger partial charge in [0.25, 0.3) is 0 Å². The maximum absolute atomic E-state index is 1.50. The van der Waals surface area contributed by atoms with Crippen molar-refractivity contribution in [1.82, 2.24) is 0 Å². The molecule has 0 atom stereocenters. The molecule has 2 rings (SSSR count). The van der Waals surface area contributed by atoms with Crippen LogP contribution in [0.25, 0.3) is 0 Å². The van der Waals surface area contributed by atoms with E-state index in [1.165, 1.54) is 77.0 Å². The van der Waals surface area contributed by atoms with Crippen LogP contribution in [0.1, 0.15) is 77.0 Å².